The molecule has 3 unspecified atom stereocenters. The number of aromatic nitrogens is 1. The van der Waals surface area contributed by atoms with Crippen LogP contribution in [0.4, 0.5) is 5.13 Å². The number of carbonyl (C=O) groups excluding carboxylic acids is 2. The molecule has 158 valence electrons. The summed E-state index contributed by atoms with van der Waals surface area (Å²) in [4.78, 5) is 30.9. The Morgan fingerprint density at radius 3 is 2.93 bits per heavy atom. The molecule has 5 atom stereocenters. The van der Waals surface area contributed by atoms with Gasteiger partial charge in [0, 0.05) is 29.3 Å². The summed E-state index contributed by atoms with van der Waals surface area (Å²) in [5.41, 5.74) is 2.83. The number of amides is 1. The molecule has 4 nitrogen and oxygen atoms in total. The van der Waals surface area contributed by atoms with E-state index >= 15 is 0 Å². The lowest BCUT2D eigenvalue weighted by molar-refractivity contribution is -0.129. The molecule has 5 rings (SSSR count). The number of hydrogen-bond donors (Lipinski definition) is 1. The number of thiazole rings is 1. The van der Waals surface area contributed by atoms with E-state index in [0.29, 0.717) is 47.4 Å². The first kappa shape index (κ1) is 19.9. The fourth-order valence-corrected chi connectivity index (χ4v) is 7.44. The average molecular weight is 423 g/mol. The highest BCUT2D eigenvalue weighted by atomic mass is 32.1. The second-order valence-electron chi connectivity index (χ2n) is 9.74. The van der Waals surface area contributed by atoms with Gasteiger partial charge in [0.1, 0.15) is 5.78 Å². The summed E-state index contributed by atoms with van der Waals surface area (Å²) < 4.78 is 0. The van der Waals surface area contributed by atoms with Crippen molar-refractivity contribution in [3.8, 4) is 0 Å². The molecular formula is C25H30N2O2S. The van der Waals surface area contributed by atoms with Gasteiger partial charge in [0.05, 0.1) is 0 Å². The van der Waals surface area contributed by atoms with Crippen LogP contribution in [0.25, 0.3) is 0 Å². The molecule has 3 aliphatic carbocycles. The molecule has 30 heavy (non-hydrogen) atoms. The number of ketones is 1. The van der Waals surface area contributed by atoms with Crippen LogP contribution in [0, 0.1) is 30.1 Å². The van der Waals surface area contributed by atoms with Crippen molar-refractivity contribution < 1.29 is 9.59 Å². The largest absolute Gasteiger partial charge is 0.302 e. The van der Waals surface area contributed by atoms with Gasteiger partial charge in [-0.2, -0.15) is 0 Å². The SMILES string of the molecule is Cc1cnc(NC(=O)CC[C@@H]2CC(=O)[C@@]3(C)CCC4c5ccccc5CCC4C23)s1. The first-order chi connectivity index (χ1) is 14.5. The summed E-state index contributed by atoms with van der Waals surface area (Å²) in [6, 6.07) is 8.90. The highest BCUT2D eigenvalue weighted by Crippen LogP contribution is 2.62. The molecule has 0 aliphatic heterocycles. The van der Waals surface area contributed by atoms with Gasteiger partial charge >= 0.3 is 0 Å². The third kappa shape index (κ3) is 3.31. The van der Waals surface area contributed by atoms with E-state index in [1.807, 2.05) is 6.92 Å². The fraction of sp³-hybridized carbons (Fsp3) is 0.560. The number of benzene rings is 1. The first-order valence-corrected chi connectivity index (χ1v) is 12.1. The Morgan fingerprint density at radius 1 is 1.30 bits per heavy atom. The summed E-state index contributed by atoms with van der Waals surface area (Å²) in [6.07, 6.45) is 8.11. The molecule has 2 aromatic rings. The van der Waals surface area contributed by atoms with Gasteiger partial charge in [-0.15, -0.1) is 11.3 Å². The Balaban J connectivity index is 1.33. The van der Waals surface area contributed by atoms with Crippen LogP contribution in [0.5, 0.6) is 0 Å². The summed E-state index contributed by atoms with van der Waals surface area (Å²) >= 11 is 1.50. The van der Waals surface area contributed by atoms with E-state index in [4.69, 9.17) is 0 Å². The number of fused-ring (bicyclic) bond motifs is 5. The number of carbonyl (C=O) groups is 2. The third-order valence-electron chi connectivity index (χ3n) is 8.09. The molecule has 1 N–H and O–H groups in total. The minimum absolute atomic E-state index is 0.0201. The monoisotopic (exact) mass is 422 g/mol. The van der Waals surface area contributed by atoms with E-state index in [9.17, 15) is 9.59 Å². The number of nitrogens with zero attached hydrogens (tertiary/aromatic N) is 1. The molecule has 2 saturated carbocycles. The summed E-state index contributed by atoms with van der Waals surface area (Å²) in [7, 11) is 0. The number of rotatable bonds is 4. The molecule has 1 amide bonds. The third-order valence-corrected chi connectivity index (χ3v) is 8.92. The Kier molecular flexibility index (Phi) is 5.04. The van der Waals surface area contributed by atoms with Crippen LogP contribution >= 0.6 is 11.3 Å². The molecule has 0 spiro atoms. The average Bonchev–Trinajstić information content (AvgIpc) is 3.26. The van der Waals surface area contributed by atoms with Gasteiger partial charge in [-0.05, 0) is 73.8 Å². The van der Waals surface area contributed by atoms with Crippen LogP contribution in [-0.4, -0.2) is 16.7 Å². The standard InChI is InChI=1S/C25H30N2O2S/c1-15-14-26-24(30-15)27-22(29)10-8-17-13-21(28)25(2)12-11-19-18-6-4-3-5-16(18)7-9-20(19)23(17)25/h3-6,14,17,19-20,23H,7-13H2,1-2H3,(H,26,27,29)/t17-,19?,20?,23?,25-/m1/s1. The number of hydrogen-bond acceptors (Lipinski definition) is 4. The van der Waals surface area contributed by atoms with Crippen molar-refractivity contribution in [2.24, 2.45) is 23.2 Å². The lowest BCUT2D eigenvalue weighted by Gasteiger charge is -2.50. The molecule has 5 heteroatoms. The van der Waals surface area contributed by atoms with Crippen molar-refractivity contribution in [3.05, 3.63) is 46.5 Å². The van der Waals surface area contributed by atoms with E-state index in [1.54, 1.807) is 6.20 Å². The first-order valence-electron chi connectivity index (χ1n) is 11.3. The van der Waals surface area contributed by atoms with E-state index in [2.05, 4.69) is 41.5 Å². The van der Waals surface area contributed by atoms with Gasteiger partial charge < -0.3 is 5.32 Å². The van der Waals surface area contributed by atoms with Crippen molar-refractivity contribution in [2.45, 2.75) is 64.7 Å². The molecule has 3 aliphatic rings. The van der Waals surface area contributed by atoms with E-state index in [1.165, 1.54) is 28.9 Å². The highest BCUT2D eigenvalue weighted by Gasteiger charge is 2.58. The highest BCUT2D eigenvalue weighted by molar-refractivity contribution is 7.15. The molecule has 1 aromatic heterocycles. The zero-order valence-electron chi connectivity index (χ0n) is 17.8. The predicted molar refractivity (Wildman–Crippen MR) is 120 cm³/mol. The quantitative estimate of drug-likeness (QED) is 0.705. The zero-order valence-corrected chi connectivity index (χ0v) is 18.6. The maximum Gasteiger partial charge on any atom is 0.226 e. The smallest absolute Gasteiger partial charge is 0.226 e. The van der Waals surface area contributed by atoms with Gasteiger partial charge in [0.2, 0.25) is 5.91 Å². The molecule has 1 heterocycles. The van der Waals surface area contributed by atoms with Crippen LogP contribution in [0.2, 0.25) is 0 Å². The number of Topliss-reactive ketones (excluding diaryl/α,β-unsaturated/α-hetero) is 1. The van der Waals surface area contributed by atoms with Crippen molar-refractivity contribution >= 4 is 28.2 Å². The van der Waals surface area contributed by atoms with E-state index in [0.717, 1.165) is 30.6 Å². The maximum absolute atomic E-state index is 13.1. The molecule has 0 radical (unpaired) electrons. The molecule has 1 aromatic carbocycles. The predicted octanol–water partition coefficient (Wildman–Crippen LogP) is 5.52. The Labute approximate surface area is 182 Å². The van der Waals surface area contributed by atoms with Gasteiger partial charge in [-0.1, -0.05) is 31.2 Å². The zero-order chi connectivity index (χ0) is 20.9. The van der Waals surface area contributed by atoms with Gasteiger partial charge in [0.15, 0.2) is 5.13 Å². The van der Waals surface area contributed by atoms with Crippen LogP contribution in [-0.2, 0) is 16.0 Å². The molecular weight excluding hydrogens is 392 g/mol. The molecule has 0 saturated heterocycles. The summed E-state index contributed by atoms with van der Waals surface area (Å²) in [6.45, 7) is 4.20. The second-order valence-corrected chi connectivity index (χ2v) is 11.0. The van der Waals surface area contributed by atoms with Gasteiger partial charge in [-0.25, -0.2) is 4.98 Å². The van der Waals surface area contributed by atoms with E-state index in [-0.39, 0.29) is 11.3 Å². The normalized spacial score (nSPS) is 32.3. The minimum atomic E-state index is -0.193. The Hall–Kier alpha value is -2.01. The van der Waals surface area contributed by atoms with Crippen molar-refractivity contribution in [2.75, 3.05) is 5.32 Å². The number of nitrogens with one attached hydrogen (secondary N) is 1. The van der Waals surface area contributed by atoms with Crippen molar-refractivity contribution in [1.29, 1.82) is 0 Å². The van der Waals surface area contributed by atoms with E-state index < -0.39 is 0 Å². The Morgan fingerprint density at radius 2 is 2.13 bits per heavy atom. The lowest BCUT2D eigenvalue weighted by atomic mass is 9.54. The van der Waals surface area contributed by atoms with Crippen molar-refractivity contribution in [3.63, 3.8) is 0 Å². The minimum Gasteiger partial charge on any atom is -0.302 e. The number of aryl methyl sites for hydroxylation is 2. The van der Waals surface area contributed by atoms with Gasteiger partial charge in [-0.3, -0.25) is 9.59 Å². The molecule has 0 bridgehead atoms. The number of anilines is 1. The maximum atomic E-state index is 13.1. The Bertz CT molecular complexity index is 983. The van der Waals surface area contributed by atoms with Crippen LogP contribution in [0.1, 0.15) is 67.4 Å². The summed E-state index contributed by atoms with van der Waals surface area (Å²) in [5, 5.41) is 3.60. The summed E-state index contributed by atoms with van der Waals surface area (Å²) in [5.74, 6) is 2.34. The van der Waals surface area contributed by atoms with Gasteiger partial charge in [0.25, 0.3) is 0 Å². The molecule has 2 fully saturated rings. The van der Waals surface area contributed by atoms with Crippen LogP contribution < -0.4 is 5.32 Å². The topological polar surface area (TPSA) is 59.1 Å². The lowest BCUT2D eigenvalue weighted by Crippen LogP contribution is -2.44. The van der Waals surface area contributed by atoms with Crippen LogP contribution in [0.3, 0.4) is 0 Å². The fourth-order valence-electron chi connectivity index (χ4n) is 6.76. The van der Waals surface area contributed by atoms with Crippen molar-refractivity contribution in [1.82, 2.24) is 4.98 Å². The van der Waals surface area contributed by atoms with Crippen LogP contribution in [0.15, 0.2) is 30.5 Å². The second kappa shape index (κ2) is 7.60.